The molecule has 1 amide bonds. The lowest BCUT2D eigenvalue weighted by molar-refractivity contribution is -0.274. The maximum atomic E-state index is 13.0. The monoisotopic (exact) mass is 440 g/mol. The Morgan fingerprint density at radius 1 is 1.26 bits per heavy atom. The first-order valence-corrected chi connectivity index (χ1v) is 8.75. The van der Waals surface area contributed by atoms with Crippen LogP contribution in [0, 0.1) is 0 Å². The highest BCUT2D eigenvalue weighted by molar-refractivity contribution is 5.91. The van der Waals surface area contributed by atoms with Gasteiger partial charge in [0.15, 0.2) is 11.5 Å². The third-order valence-corrected chi connectivity index (χ3v) is 4.18. The molecule has 3 aromatic rings. The number of aliphatic hydroxyl groups excluding tert-OH is 2. The van der Waals surface area contributed by atoms with Crippen molar-refractivity contribution in [3.8, 4) is 11.4 Å². The van der Waals surface area contributed by atoms with Crippen molar-refractivity contribution in [2.24, 2.45) is 0 Å². The van der Waals surface area contributed by atoms with Crippen LogP contribution in [0.1, 0.15) is 17.4 Å². The van der Waals surface area contributed by atoms with Crippen molar-refractivity contribution in [2.45, 2.75) is 19.0 Å². The molecule has 0 aliphatic heterocycles. The molecule has 8 nitrogen and oxygen atoms in total. The van der Waals surface area contributed by atoms with Crippen LogP contribution in [0.4, 0.5) is 17.6 Å². The van der Waals surface area contributed by atoms with Gasteiger partial charge in [-0.05, 0) is 35.9 Å². The maximum absolute atomic E-state index is 13.0. The van der Waals surface area contributed by atoms with Crippen molar-refractivity contribution in [1.29, 1.82) is 0 Å². The summed E-state index contributed by atoms with van der Waals surface area (Å²) in [5.41, 5.74) is 0.919. The fourth-order valence-corrected chi connectivity index (χ4v) is 2.87. The highest BCUT2D eigenvalue weighted by atomic mass is 19.4. The minimum Gasteiger partial charge on any atom is -0.406 e. The molecule has 0 bridgehead atoms. The molecule has 31 heavy (non-hydrogen) atoms. The topological polar surface area (TPSA) is 110 Å². The average molecular weight is 440 g/mol. The quantitative estimate of drug-likeness (QED) is 0.385. The fourth-order valence-electron chi connectivity index (χ4n) is 2.87. The van der Waals surface area contributed by atoms with Gasteiger partial charge in [-0.25, -0.2) is 14.1 Å². The third kappa shape index (κ3) is 4.98. The predicted molar refractivity (Wildman–Crippen MR) is 99.7 cm³/mol. The van der Waals surface area contributed by atoms with Gasteiger partial charge in [0.2, 0.25) is 0 Å². The second-order valence-corrected chi connectivity index (χ2v) is 6.28. The molecule has 1 atom stereocenters. The number of benzene rings is 1. The van der Waals surface area contributed by atoms with E-state index in [0.717, 1.165) is 12.1 Å². The number of ether oxygens (including phenoxy) is 1. The van der Waals surface area contributed by atoms with Crippen molar-refractivity contribution in [3.63, 3.8) is 0 Å². The average Bonchev–Trinajstić information content (AvgIpc) is 3.09. The molecule has 2 heterocycles. The molecular weight excluding hydrogens is 424 g/mol. The molecule has 1 aromatic carbocycles. The van der Waals surface area contributed by atoms with Gasteiger partial charge in [0.25, 0.3) is 5.91 Å². The Hall–Kier alpha value is -3.51. The van der Waals surface area contributed by atoms with E-state index in [1.54, 1.807) is 0 Å². The van der Waals surface area contributed by atoms with E-state index in [9.17, 15) is 32.6 Å². The number of rotatable bonds is 7. The summed E-state index contributed by atoms with van der Waals surface area (Å²) in [6.07, 6.45) is -4.79. The molecule has 3 rings (SSSR count). The highest BCUT2D eigenvalue weighted by Gasteiger charge is 2.31. The van der Waals surface area contributed by atoms with Crippen LogP contribution in [0.3, 0.4) is 0 Å². The summed E-state index contributed by atoms with van der Waals surface area (Å²) in [4.78, 5) is 15.7. The first kappa shape index (κ1) is 22.2. The zero-order chi connectivity index (χ0) is 22.8. The predicted octanol–water partition coefficient (Wildman–Crippen LogP) is 2.44. The van der Waals surface area contributed by atoms with Gasteiger partial charge in [0.05, 0.1) is 29.9 Å². The summed E-state index contributed by atoms with van der Waals surface area (Å²) in [6, 6.07) is 6.20. The Kier molecular flexibility index (Phi) is 6.22. The number of aromatic nitrogens is 3. The minimum atomic E-state index is -4.84. The highest BCUT2D eigenvalue weighted by Crippen LogP contribution is 2.29. The van der Waals surface area contributed by atoms with Crippen LogP contribution in [0.5, 0.6) is 5.75 Å². The van der Waals surface area contributed by atoms with E-state index >= 15 is 0 Å². The lowest BCUT2D eigenvalue weighted by Crippen LogP contribution is -2.23. The number of hydrogen-bond acceptors (Lipinski definition) is 6. The summed E-state index contributed by atoms with van der Waals surface area (Å²) in [5.74, 6) is -2.71. The van der Waals surface area contributed by atoms with Crippen LogP contribution in [-0.4, -0.2) is 43.9 Å². The summed E-state index contributed by atoms with van der Waals surface area (Å²) >= 11 is 0. The van der Waals surface area contributed by atoms with Crippen LogP contribution in [-0.2, 0) is 11.3 Å². The van der Waals surface area contributed by atoms with Gasteiger partial charge >= 0.3 is 6.36 Å². The van der Waals surface area contributed by atoms with Gasteiger partial charge in [-0.1, -0.05) is 6.58 Å². The van der Waals surface area contributed by atoms with Gasteiger partial charge in [-0.3, -0.25) is 4.79 Å². The lowest BCUT2D eigenvalue weighted by Gasteiger charge is -2.10. The molecule has 3 N–H and O–H groups in total. The number of nitrogens with one attached hydrogen (secondary N) is 1. The van der Waals surface area contributed by atoms with Crippen molar-refractivity contribution in [3.05, 3.63) is 60.2 Å². The van der Waals surface area contributed by atoms with Gasteiger partial charge < -0.3 is 20.3 Å². The van der Waals surface area contributed by atoms with E-state index in [2.05, 4.69) is 26.7 Å². The van der Waals surface area contributed by atoms with E-state index < -0.39 is 36.6 Å². The van der Waals surface area contributed by atoms with Gasteiger partial charge in [0, 0.05) is 6.20 Å². The summed E-state index contributed by atoms with van der Waals surface area (Å²) < 4.78 is 55.2. The van der Waals surface area contributed by atoms with E-state index in [0.29, 0.717) is 5.69 Å². The van der Waals surface area contributed by atoms with Crippen LogP contribution < -0.4 is 10.1 Å². The van der Waals surface area contributed by atoms with Gasteiger partial charge in [0.1, 0.15) is 11.9 Å². The number of aliphatic hydroxyl groups is 2. The first-order chi connectivity index (χ1) is 14.6. The van der Waals surface area contributed by atoms with E-state index in [-0.39, 0.29) is 28.8 Å². The van der Waals surface area contributed by atoms with E-state index in [1.165, 1.54) is 29.1 Å². The molecule has 0 radical (unpaired) electrons. The van der Waals surface area contributed by atoms with Crippen LogP contribution >= 0.6 is 0 Å². The fraction of sp³-hybridized carbons (Fsp3) is 0.211. The van der Waals surface area contributed by atoms with Crippen molar-refractivity contribution in [2.75, 3.05) is 6.61 Å². The number of hydrogen-bond donors (Lipinski definition) is 3. The third-order valence-electron chi connectivity index (χ3n) is 4.18. The Morgan fingerprint density at radius 2 is 1.94 bits per heavy atom. The Labute approximate surface area is 172 Å². The molecule has 0 saturated carbocycles. The number of amides is 1. The number of nitrogens with zero attached hydrogens (tertiary/aromatic N) is 3. The van der Waals surface area contributed by atoms with E-state index in [4.69, 9.17) is 0 Å². The van der Waals surface area contributed by atoms with Crippen molar-refractivity contribution < 1.29 is 37.3 Å². The number of alkyl halides is 3. The van der Waals surface area contributed by atoms with Crippen LogP contribution in [0.25, 0.3) is 16.7 Å². The van der Waals surface area contributed by atoms with Crippen LogP contribution in [0.15, 0.2) is 48.9 Å². The maximum Gasteiger partial charge on any atom is 0.573 e. The number of carbonyl (C=O) groups excluding carboxylic acids is 1. The van der Waals surface area contributed by atoms with Gasteiger partial charge in [-0.15, -0.1) is 13.2 Å². The zero-order valence-corrected chi connectivity index (χ0v) is 15.7. The first-order valence-electron chi connectivity index (χ1n) is 8.75. The second kappa shape index (κ2) is 8.70. The molecule has 0 spiro atoms. The molecule has 164 valence electrons. The molecule has 0 unspecified atom stereocenters. The molecule has 12 heteroatoms. The Balaban J connectivity index is 2.07. The Bertz CT molecular complexity index is 1110. The zero-order valence-electron chi connectivity index (χ0n) is 15.7. The molecule has 0 aliphatic rings. The SMILES string of the molecule is C=C(F)C(=O)NCc1nn(-c2ccc(OC(F)(F)F)cc2)c2nccc([C@H](O)CO)c12. The van der Waals surface area contributed by atoms with Gasteiger partial charge in [-0.2, -0.15) is 5.10 Å². The molecule has 0 fully saturated rings. The molecule has 0 saturated heterocycles. The lowest BCUT2D eigenvalue weighted by atomic mass is 10.1. The number of fused-ring (bicyclic) bond motifs is 1. The summed E-state index contributed by atoms with van der Waals surface area (Å²) in [6.45, 7) is 2.02. The smallest absolute Gasteiger partial charge is 0.406 e. The molecule has 0 aliphatic carbocycles. The number of pyridine rings is 1. The molecular formula is C19H16F4N4O4. The number of halogens is 4. The largest absolute Gasteiger partial charge is 0.573 e. The normalized spacial score (nSPS) is 12.6. The summed E-state index contributed by atoms with van der Waals surface area (Å²) in [7, 11) is 0. The summed E-state index contributed by atoms with van der Waals surface area (Å²) in [5, 5.41) is 26.3. The Morgan fingerprint density at radius 3 is 2.52 bits per heavy atom. The van der Waals surface area contributed by atoms with Crippen molar-refractivity contribution in [1.82, 2.24) is 20.1 Å². The standard InChI is InChI=1S/C19H16F4N4O4/c1-10(20)18(30)25-8-14-16-13(15(29)9-28)6-7-24-17(16)27(26-14)11-2-4-12(5-3-11)31-19(21,22)23/h2-7,15,28-29H,1,8-9H2,(H,25,30)/t15-/m1/s1. The molecule has 2 aromatic heterocycles. The second-order valence-electron chi connectivity index (χ2n) is 6.28. The minimum absolute atomic E-state index is 0.177. The van der Waals surface area contributed by atoms with E-state index in [1.807, 2.05) is 0 Å². The van der Waals surface area contributed by atoms with Crippen molar-refractivity contribution >= 4 is 16.9 Å². The van der Waals surface area contributed by atoms with Crippen LogP contribution in [0.2, 0.25) is 0 Å². The number of carbonyl (C=O) groups is 1.